The minimum absolute atomic E-state index is 0.0610. The van der Waals surface area contributed by atoms with E-state index in [1.807, 2.05) is 19.2 Å². The highest BCUT2D eigenvalue weighted by molar-refractivity contribution is 6.31. The molecule has 2 aromatic rings. The molecule has 0 spiro atoms. The van der Waals surface area contributed by atoms with Crippen LogP contribution < -0.4 is 10.1 Å². The third kappa shape index (κ3) is 3.26. The van der Waals surface area contributed by atoms with Crippen molar-refractivity contribution in [1.29, 1.82) is 0 Å². The minimum Gasteiger partial charge on any atom is -0.495 e. The Morgan fingerprint density at radius 2 is 2.20 bits per heavy atom. The van der Waals surface area contributed by atoms with Gasteiger partial charge in [0.05, 0.1) is 18.8 Å². The smallest absolute Gasteiger partial charge is 0.141 e. The number of hydrogen-bond donors (Lipinski definition) is 1. The first-order chi connectivity index (χ1) is 9.65. The van der Waals surface area contributed by atoms with Crippen LogP contribution in [0.15, 0.2) is 36.5 Å². The Morgan fingerprint density at radius 1 is 1.40 bits per heavy atom. The summed E-state index contributed by atoms with van der Waals surface area (Å²) in [6, 6.07) is 8.04. The Hall–Kier alpha value is -1.65. The Kier molecular flexibility index (Phi) is 4.93. The summed E-state index contributed by atoms with van der Waals surface area (Å²) in [7, 11) is 3.45. The maximum absolute atomic E-state index is 13.1. The number of likely N-dealkylation sites (N-methyl/N-ethyl adjacent to an activating group) is 1. The van der Waals surface area contributed by atoms with Gasteiger partial charge in [-0.15, -0.1) is 0 Å². The van der Waals surface area contributed by atoms with E-state index in [9.17, 15) is 4.39 Å². The summed E-state index contributed by atoms with van der Waals surface area (Å²) in [6.45, 7) is 0. The van der Waals surface area contributed by atoms with Gasteiger partial charge in [-0.2, -0.15) is 0 Å². The predicted octanol–water partition coefficient (Wildman–Crippen LogP) is 3.39. The van der Waals surface area contributed by atoms with Crippen LogP contribution in [0.25, 0.3) is 0 Å². The molecule has 1 aromatic carbocycles. The molecule has 1 unspecified atom stereocenters. The van der Waals surface area contributed by atoms with E-state index in [-0.39, 0.29) is 11.9 Å². The quantitative estimate of drug-likeness (QED) is 0.918. The van der Waals surface area contributed by atoms with Crippen molar-refractivity contribution >= 4 is 11.6 Å². The molecule has 0 bridgehead atoms. The van der Waals surface area contributed by atoms with Crippen LogP contribution in [0.5, 0.6) is 5.75 Å². The van der Waals surface area contributed by atoms with Crippen LogP contribution in [0.4, 0.5) is 4.39 Å². The molecule has 0 amide bonds. The molecule has 1 N–H and O–H groups in total. The molecule has 5 heteroatoms. The molecular formula is C15H16ClFN2O. The number of benzene rings is 1. The SMILES string of the molecule is CNC(Cc1ccc(F)cc1Cl)c1ncccc1OC. The summed E-state index contributed by atoms with van der Waals surface area (Å²) in [6.07, 6.45) is 2.32. The third-order valence-electron chi connectivity index (χ3n) is 3.14. The first kappa shape index (κ1) is 14.8. The molecule has 20 heavy (non-hydrogen) atoms. The normalized spacial score (nSPS) is 12.2. The Morgan fingerprint density at radius 3 is 2.85 bits per heavy atom. The predicted molar refractivity (Wildman–Crippen MR) is 77.7 cm³/mol. The summed E-state index contributed by atoms with van der Waals surface area (Å²) >= 11 is 6.07. The standard InChI is InChI=1S/C15H16ClFN2O/c1-18-13(15-14(20-2)4-3-7-19-15)8-10-5-6-11(17)9-12(10)16/h3-7,9,13,18H,8H2,1-2H3. The van der Waals surface area contributed by atoms with Crippen LogP contribution in [-0.2, 0) is 6.42 Å². The first-order valence-corrected chi connectivity index (χ1v) is 6.63. The topological polar surface area (TPSA) is 34.2 Å². The molecule has 0 fully saturated rings. The molecule has 0 aliphatic carbocycles. The lowest BCUT2D eigenvalue weighted by molar-refractivity contribution is 0.396. The molecule has 1 aromatic heterocycles. The number of nitrogens with one attached hydrogen (secondary N) is 1. The van der Waals surface area contributed by atoms with Gasteiger partial charge in [0.2, 0.25) is 0 Å². The maximum Gasteiger partial charge on any atom is 0.141 e. The van der Waals surface area contributed by atoms with Gasteiger partial charge in [-0.25, -0.2) is 4.39 Å². The zero-order valence-electron chi connectivity index (χ0n) is 11.4. The van der Waals surface area contributed by atoms with Crippen LogP contribution in [0, 0.1) is 5.82 Å². The highest BCUT2D eigenvalue weighted by atomic mass is 35.5. The molecule has 0 aliphatic heterocycles. The zero-order valence-corrected chi connectivity index (χ0v) is 12.1. The molecule has 0 aliphatic rings. The number of methoxy groups -OCH3 is 1. The molecule has 1 atom stereocenters. The van der Waals surface area contributed by atoms with Gasteiger partial charge in [-0.3, -0.25) is 4.98 Å². The molecule has 2 rings (SSSR count). The summed E-state index contributed by atoms with van der Waals surface area (Å²) in [5, 5.41) is 3.61. The highest BCUT2D eigenvalue weighted by Crippen LogP contribution is 2.27. The second kappa shape index (κ2) is 6.68. The Balaban J connectivity index is 2.29. The van der Waals surface area contributed by atoms with Crippen molar-refractivity contribution in [2.24, 2.45) is 0 Å². The van der Waals surface area contributed by atoms with Crippen LogP contribution >= 0.6 is 11.6 Å². The summed E-state index contributed by atoms with van der Waals surface area (Å²) in [5.74, 6) is 0.375. The van der Waals surface area contributed by atoms with Crippen LogP contribution in [0.1, 0.15) is 17.3 Å². The monoisotopic (exact) mass is 294 g/mol. The highest BCUT2D eigenvalue weighted by Gasteiger charge is 2.17. The second-order valence-electron chi connectivity index (χ2n) is 4.37. The van der Waals surface area contributed by atoms with Gasteiger partial charge in [0.25, 0.3) is 0 Å². The van der Waals surface area contributed by atoms with Crippen molar-refractivity contribution in [3.63, 3.8) is 0 Å². The third-order valence-corrected chi connectivity index (χ3v) is 3.49. The van der Waals surface area contributed by atoms with E-state index in [0.29, 0.717) is 17.2 Å². The molecule has 0 radical (unpaired) electrons. The lowest BCUT2D eigenvalue weighted by atomic mass is 10.0. The second-order valence-corrected chi connectivity index (χ2v) is 4.78. The van der Waals surface area contributed by atoms with E-state index in [4.69, 9.17) is 16.3 Å². The van der Waals surface area contributed by atoms with Crippen molar-refractivity contribution in [2.45, 2.75) is 12.5 Å². The number of pyridine rings is 1. The zero-order chi connectivity index (χ0) is 14.5. The lowest BCUT2D eigenvalue weighted by Crippen LogP contribution is -2.21. The molecule has 106 valence electrons. The maximum atomic E-state index is 13.1. The van der Waals surface area contributed by atoms with E-state index in [2.05, 4.69) is 10.3 Å². The number of nitrogens with zero attached hydrogens (tertiary/aromatic N) is 1. The number of halogens is 2. The fourth-order valence-corrected chi connectivity index (χ4v) is 2.32. The Bertz CT molecular complexity index is 592. The van der Waals surface area contributed by atoms with E-state index >= 15 is 0 Å². The molecular weight excluding hydrogens is 279 g/mol. The van der Waals surface area contributed by atoms with Gasteiger partial charge in [-0.05, 0) is 43.3 Å². The fourth-order valence-electron chi connectivity index (χ4n) is 2.08. The van der Waals surface area contributed by atoms with E-state index in [1.165, 1.54) is 12.1 Å². The average molecular weight is 295 g/mol. The van der Waals surface area contributed by atoms with Gasteiger partial charge in [0, 0.05) is 11.2 Å². The summed E-state index contributed by atoms with van der Waals surface area (Å²) in [4.78, 5) is 4.36. The van der Waals surface area contributed by atoms with Crippen molar-refractivity contribution in [3.8, 4) is 5.75 Å². The van der Waals surface area contributed by atoms with Crippen LogP contribution in [0.3, 0.4) is 0 Å². The largest absolute Gasteiger partial charge is 0.495 e. The van der Waals surface area contributed by atoms with E-state index in [0.717, 1.165) is 11.3 Å². The van der Waals surface area contributed by atoms with Crippen molar-refractivity contribution in [1.82, 2.24) is 10.3 Å². The van der Waals surface area contributed by atoms with Crippen molar-refractivity contribution in [2.75, 3.05) is 14.2 Å². The summed E-state index contributed by atoms with van der Waals surface area (Å²) < 4.78 is 18.4. The molecule has 3 nitrogen and oxygen atoms in total. The number of hydrogen-bond acceptors (Lipinski definition) is 3. The minimum atomic E-state index is -0.338. The van der Waals surface area contributed by atoms with E-state index in [1.54, 1.807) is 19.4 Å². The van der Waals surface area contributed by atoms with Crippen molar-refractivity contribution < 1.29 is 9.13 Å². The van der Waals surface area contributed by atoms with Crippen LogP contribution in [0.2, 0.25) is 5.02 Å². The van der Waals surface area contributed by atoms with E-state index < -0.39 is 0 Å². The number of aromatic nitrogens is 1. The van der Waals surface area contributed by atoms with Gasteiger partial charge in [0.15, 0.2) is 0 Å². The molecule has 0 saturated carbocycles. The molecule has 0 saturated heterocycles. The van der Waals surface area contributed by atoms with Gasteiger partial charge >= 0.3 is 0 Å². The first-order valence-electron chi connectivity index (χ1n) is 6.25. The fraction of sp³-hybridized carbons (Fsp3) is 0.267. The number of rotatable bonds is 5. The number of ether oxygens (including phenoxy) is 1. The summed E-state index contributed by atoms with van der Waals surface area (Å²) in [5.41, 5.74) is 1.66. The van der Waals surface area contributed by atoms with Crippen LogP contribution in [-0.4, -0.2) is 19.1 Å². The lowest BCUT2D eigenvalue weighted by Gasteiger charge is -2.18. The van der Waals surface area contributed by atoms with Gasteiger partial charge in [0.1, 0.15) is 11.6 Å². The van der Waals surface area contributed by atoms with Gasteiger partial charge in [-0.1, -0.05) is 17.7 Å². The average Bonchev–Trinajstić information content (AvgIpc) is 2.46. The Labute approximate surface area is 122 Å². The van der Waals surface area contributed by atoms with Crippen molar-refractivity contribution in [3.05, 3.63) is 58.6 Å². The molecule has 1 heterocycles. The van der Waals surface area contributed by atoms with Gasteiger partial charge < -0.3 is 10.1 Å².